The van der Waals surface area contributed by atoms with Crippen LogP contribution in [0.15, 0.2) is 12.3 Å². The first-order valence-electron chi connectivity index (χ1n) is 7.02. The highest BCUT2D eigenvalue weighted by atomic mass is 15.2. The van der Waals surface area contributed by atoms with E-state index < -0.39 is 0 Å². The van der Waals surface area contributed by atoms with Crippen molar-refractivity contribution in [2.45, 2.75) is 52.1 Å². The highest BCUT2D eigenvalue weighted by Crippen LogP contribution is 2.31. The summed E-state index contributed by atoms with van der Waals surface area (Å²) in [5.41, 5.74) is 8.33. The second-order valence-corrected chi connectivity index (χ2v) is 5.57. The van der Waals surface area contributed by atoms with E-state index in [2.05, 4.69) is 30.8 Å². The predicted molar refractivity (Wildman–Crippen MR) is 76.7 cm³/mol. The van der Waals surface area contributed by atoms with E-state index in [1.807, 2.05) is 12.3 Å². The zero-order valence-corrected chi connectivity index (χ0v) is 11.8. The number of pyridine rings is 1. The molecular weight excluding hydrogens is 222 g/mol. The van der Waals surface area contributed by atoms with E-state index >= 15 is 0 Å². The Hall–Kier alpha value is -1.09. The number of anilines is 1. The molecule has 1 aromatic heterocycles. The lowest BCUT2D eigenvalue weighted by molar-refractivity contribution is 0.320. The van der Waals surface area contributed by atoms with Gasteiger partial charge >= 0.3 is 0 Å². The van der Waals surface area contributed by atoms with Crippen LogP contribution in [0.25, 0.3) is 0 Å². The Balaban J connectivity index is 2.27. The summed E-state index contributed by atoms with van der Waals surface area (Å²) in [5.74, 6) is 1.83. The molecular formula is C15H25N3. The highest BCUT2D eigenvalue weighted by molar-refractivity contribution is 5.50. The Labute approximate surface area is 110 Å². The van der Waals surface area contributed by atoms with Gasteiger partial charge in [-0.2, -0.15) is 0 Å². The third-order valence-electron chi connectivity index (χ3n) is 4.37. The number of hydrogen-bond acceptors (Lipinski definition) is 3. The largest absolute Gasteiger partial charge is 0.356 e. The Bertz CT molecular complexity index is 403. The average molecular weight is 247 g/mol. The maximum atomic E-state index is 5.89. The smallest absolute Gasteiger partial charge is 0.133 e. The molecule has 1 aliphatic rings. The second-order valence-electron chi connectivity index (χ2n) is 5.57. The minimum atomic E-state index is 0.570. The van der Waals surface area contributed by atoms with Gasteiger partial charge in [0, 0.05) is 31.4 Å². The summed E-state index contributed by atoms with van der Waals surface area (Å²) in [6, 6.07) is 2.66. The van der Waals surface area contributed by atoms with Crippen molar-refractivity contribution in [2.75, 3.05) is 11.9 Å². The van der Waals surface area contributed by atoms with Gasteiger partial charge in [-0.1, -0.05) is 19.8 Å². The Morgan fingerprint density at radius 3 is 2.78 bits per heavy atom. The quantitative estimate of drug-likeness (QED) is 0.893. The van der Waals surface area contributed by atoms with Crippen molar-refractivity contribution in [3.63, 3.8) is 0 Å². The lowest BCUT2D eigenvalue weighted by atomic mass is 9.85. The molecule has 2 rings (SSSR count). The lowest BCUT2D eigenvalue weighted by Gasteiger charge is -2.38. The van der Waals surface area contributed by atoms with E-state index in [9.17, 15) is 0 Å². The van der Waals surface area contributed by atoms with Crippen molar-refractivity contribution < 1.29 is 0 Å². The van der Waals surface area contributed by atoms with Crippen LogP contribution in [0.2, 0.25) is 0 Å². The van der Waals surface area contributed by atoms with Crippen molar-refractivity contribution in [3.8, 4) is 0 Å². The standard InChI is InChI=1S/C15H25N3/c1-11-8-9-17-15(13(11)10-16)18(3)14-7-5-4-6-12(14)2/h8-9,12,14H,4-7,10,16H2,1-3H3. The molecule has 0 bridgehead atoms. The third kappa shape index (κ3) is 2.51. The normalized spacial score (nSPS) is 24.0. The van der Waals surface area contributed by atoms with Crippen LogP contribution in [-0.4, -0.2) is 18.1 Å². The van der Waals surface area contributed by atoms with E-state index in [-0.39, 0.29) is 0 Å². The van der Waals surface area contributed by atoms with Gasteiger partial charge < -0.3 is 10.6 Å². The molecule has 1 aliphatic carbocycles. The molecule has 0 spiro atoms. The first-order chi connectivity index (χ1) is 8.65. The van der Waals surface area contributed by atoms with Crippen molar-refractivity contribution in [3.05, 3.63) is 23.4 Å². The fraction of sp³-hybridized carbons (Fsp3) is 0.667. The van der Waals surface area contributed by atoms with Crippen molar-refractivity contribution >= 4 is 5.82 Å². The van der Waals surface area contributed by atoms with Gasteiger partial charge in [-0.3, -0.25) is 0 Å². The number of rotatable bonds is 3. The molecule has 1 fully saturated rings. The van der Waals surface area contributed by atoms with Gasteiger partial charge in [-0.15, -0.1) is 0 Å². The zero-order valence-electron chi connectivity index (χ0n) is 11.8. The van der Waals surface area contributed by atoms with E-state index in [0.717, 1.165) is 11.7 Å². The summed E-state index contributed by atoms with van der Waals surface area (Å²) in [4.78, 5) is 6.93. The SMILES string of the molecule is Cc1ccnc(N(C)C2CCCCC2C)c1CN. The fourth-order valence-corrected chi connectivity index (χ4v) is 3.16. The average Bonchev–Trinajstić information content (AvgIpc) is 2.38. The molecule has 2 atom stereocenters. The molecule has 2 N–H and O–H groups in total. The molecule has 1 heterocycles. The highest BCUT2D eigenvalue weighted by Gasteiger charge is 2.26. The van der Waals surface area contributed by atoms with Gasteiger partial charge in [-0.05, 0) is 37.3 Å². The van der Waals surface area contributed by atoms with Crippen LogP contribution in [0.3, 0.4) is 0 Å². The molecule has 0 radical (unpaired) electrons. The lowest BCUT2D eigenvalue weighted by Crippen LogP contribution is -2.40. The Morgan fingerprint density at radius 2 is 2.11 bits per heavy atom. The van der Waals surface area contributed by atoms with Crippen molar-refractivity contribution in [1.29, 1.82) is 0 Å². The van der Waals surface area contributed by atoms with Gasteiger partial charge in [0.2, 0.25) is 0 Å². The number of hydrogen-bond donors (Lipinski definition) is 1. The monoisotopic (exact) mass is 247 g/mol. The van der Waals surface area contributed by atoms with Crippen LogP contribution >= 0.6 is 0 Å². The molecule has 0 saturated heterocycles. The molecule has 100 valence electrons. The van der Waals surface area contributed by atoms with Crippen LogP contribution in [0, 0.1) is 12.8 Å². The van der Waals surface area contributed by atoms with Crippen LogP contribution in [-0.2, 0) is 6.54 Å². The van der Waals surface area contributed by atoms with E-state index in [4.69, 9.17) is 5.73 Å². The third-order valence-corrected chi connectivity index (χ3v) is 4.37. The molecule has 0 amide bonds. The predicted octanol–water partition coefficient (Wildman–Crippen LogP) is 2.86. The van der Waals surface area contributed by atoms with Gasteiger partial charge in [0.25, 0.3) is 0 Å². The molecule has 3 heteroatoms. The second kappa shape index (κ2) is 5.70. The summed E-state index contributed by atoms with van der Waals surface area (Å²) >= 11 is 0. The van der Waals surface area contributed by atoms with Crippen LogP contribution < -0.4 is 10.6 Å². The van der Waals surface area contributed by atoms with Crippen LogP contribution in [0.5, 0.6) is 0 Å². The van der Waals surface area contributed by atoms with E-state index in [1.54, 1.807) is 0 Å². The van der Waals surface area contributed by atoms with Crippen LogP contribution in [0.4, 0.5) is 5.82 Å². The number of aryl methyl sites for hydroxylation is 1. The van der Waals surface area contributed by atoms with Crippen LogP contribution in [0.1, 0.15) is 43.7 Å². The molecule has 1 saturated carbocycles. The summed E-state index contributed by atoms with van der Waals surface area (Å²) in [5, 5.41) is 0. The van der Waals surface area contributed by atoms with Crippen molar-refractivity contribution in [2.24, 2.45) is 11.7 Å². The van der Waals surface area contributed by atoms with E-state index in [0.29, 0.717) is 12.6 Å². The molecule has 0 aliphatic heterocycles. The van der Waals surface area contributed by atoms with Gasteiger partial charge in [-0.25, -0.2) is 4.98 Å². The minimum Gasteiger partial charge on any atom is -0.356 e. The van der Waals surface area contributed by atoms with Crippen molar-refractivity contribution in [1.82, 2.24) is 4.98 Å². The summed E-state index contributed by atoms with van der Waals surface area (Å²) in [7, 11) is 2.17. The van der Waals surface area contributed by atoms with E-state index in [1.165, 1.54) is 36.8 Å². The molecule has 3 nitrogen and oxygen atoms in total. The number of nitrogens with zero attached hydrogens (tertiary/aromatic N) is 2. The Kier molecular flexibility index (Phi) is 4.23. The van der Waals surface area contributed by atoms with Gasteiger partial charge in [0.1, 0.15) is 5.82 Å². The fourth-order valence-electron chi connectivity index (χ4n) is 3.16. The zero-order chi connectivity index (χ0) is 13.1. The molecule has 1 aromatic rings. The molecule has 0 aromatic carbocycles. The first kappa shape index (κ1) is 13.3. The summed E-state index contributed by atoms with van der Waals surface area (Å²) in [6.07, 6.45) is 7.21. The maximum Gasteiger partial charge on any atom is 0.133 e. The number of aromatic nitrogens is 1. The summed E-state index contributed by atoms with van der Waals surface area (Å²) < 4.78 is 0. The van der Waals surface area contributed by atoms with Gasteiger partial charge in [0.05, 0.1) is 0 Å². The molecule has 2 unspecified atom stereocenters. The number of nitrogens with two attached hydrogens (primary N) is 1. The minimum absolute atomic E-state index is 0.570. The first-order valence-corrected chi connectivity index (χ1v) is 7.02. The maximum absolute atomic E-state index is 5.89. The Morgan fingerprint density at radius 1 is 1.39 bits per heavy atom. The van der Waals surface area contributed by atoms with Gasteiger partial charge in [0.15, 0.2) is 0 Å². The topological polar surface area (TPSA) is 42.2 Å². The summed E-state index contributed by atoms with van der Waals surface area (Å²) in [6.45, 7) is 5.05. The molecule has 18 heavy (non-hydrogen) atoms.